The van der Waals surface area contributed by atoms with Crippen LogP contribution >= 0.6 is 0 Å². The third kappa shape index (κ3) is 3.50. The average molecular weight is 251 g/mol. The number of pyridine rings is 1. The molecule has 100 valence electrons. The maximum atomic E-state index is 9.22. The first-order chi connectivity index (χ1) is 8.50. The zero-order chi connectivity index (χ0) is 13.2. The van der Waals surface area contributed by atoms with Crippen molar-refractivity contribution in [1.82, 2.24) is 4.98 Å². The largest absolute Gasteiger partial charge is 0.476 e. The quantitative estimate of drug-likeness (QED) is 0.716. The fourth-order valence-electron chi connectivity index (χ4n) is 1.50. The first-order valence-corrected chi connectivity index (χ1v) is 6.28. The van der Waals surface area contributed by atoms with Gasteiger partial charge in [0.2, 0.25) is 5.88 Å². The maximum Gasteiger partial charge on any atom is 0.239 e. The summed E-state index contributed by atoms with van der Waals surface area (Å²) in [6.07, 6.45) is 2.46. The van der Waals surface area contributed by atoms with Crippen molar-refractivity contribution < 1.29 is 9.84 Å². The number of aliphatic hydroxyl groups excluding tert-OH is 1. The van der Waals surface area contributed by atoms with Gasteiger partial charge in [-0.15, -0.1) is 0 Å². The van der Waals surface area contributed by atoms with Gasteiger partial charge in [-0.2, -0.15) is 4.98 Å². The van der Waals surface area contributed by atoms with Crippen molar-refractivity contribution in [3.63, 3.8) is 0 Å². The third-order valence-electron chi connectivity index (χ3n) is 2.90. The summed E-state index contributed by atoms with van der Waals surface area (Å²) in [6.45, 7) is 4.51. The van der Waals surface area contributed by atoms with Crippen molar-refractivity contribution in [3.8, 4) is 5.88 Å². The molecule has 18 heavy (non-hydrogen) atoms. The Balaban J connectivity index is 2.04. The Bertz CT molecular complexity index is 417. The van der Waals surface area contributed by atoms with E-state index < -0.39 is 5.54 Å². The molecule has 0 atom stereocenters. The van der Waals surface area contributed by atoms with Crippen LogP contribution in [0.25, 0.3) is 0 Å². The van der Waals surface area contributed by atoms with Crippen LogP contribution in [-0.4, -0.2) is 28.8 Å². The van der Waals surface area contributed by atoms with Crippen LogP contribution in [0.2, 0.25) is 0 Å². The zero-order valence-corrected chi connectivity index (χ0v) is 10.9. The number of aliphatic hydroxyl groups is 1. The van der Waals surface area contributed by atoms with Gasteiger partial charge in [0.15, 0.2) is 0 Å². The minimum Gasteiger partial charge on any atom is -0.476 e. The summed E-state index contributed by atoms with van der Waals surface area (Å²) in [5.74, 6) is 1.80. The molecule has 4 N–H and O–H groups in total. The number of rotatable bonds is 6. The van der Waals surface area contributed by atoms with E-state index >= 15 is 0 Å². The molecule has 0 radical (unpaired) electrons. The highest BCUT2D eigenvalue weighted by Crippen LogP contribution is 2.30. The second-order valence-corrected chi connectivity index (χ2v) is 5.51. The van der Waals surface area contributed by atoms with Gasteiger partial charge < -0.3 is 20.9 Å². The second-order valence-electron chi connectivity index (χ2n) is 5.51. The Kier molecular flexibility index (Phi) is 3.61. The lowest BCUT2D eigenvalue weighted by atomic mass is 10.1. The Hall–Kier alpha value is -1.49. The lowest BCUT2D eigenvalue weighted by molar-refractivity contribution is 0.233. The number of nitrogens with two attached hydrogens (primary N) is 1. The summed E-state index contributed by atoms with van der Waals surface area (Å²) in [6, 6.07) is 3.56. The van der Waals surface area contributed by atoms with Crippen LogP contribution in [0.5, 0.6) is 5.88 Å². The fourth-order valence-corrected chi connectivity index (χ4v) is 1.50. The molecule has 0 aliphatic heterocycles. The zero-order valence-electron chi connectivity index (χ0n) is 10.9. The van der Waals surface area contributed by atoms with Crippen molar-refractivity contribution in [1.29, 1.82) is 0 Å². The molecule has 1 saturated carbocycles. The van der Waals surface area contributed by atoms with Crippen LogP contribution in [0, 0.1) is 5.92 Å². The van der Waals surface area contributed by atoms with Gasteiger partial charge in [-0.3, -0.25) is 0 Å². The Morgan fingerprint density at radius 1 is 1.50 bits per heavy atom. The number of nitrogens with zero attached hydrogens (tertiary/aromatic N) is 1. The molecule has 2 rings (SSSR count). The minimum atomic E-state index is -0.420. The monoisotopic (exact) mass is 251 g/mol. The van der Waals surface area contributed by atoms with Gasteiger partial charge in [0, 0.05) is 0 Å². The summed E-state index contributed by atoms with van der Waals surface area (Å²) in [7, 11) is 0. The molecule has 5 heteroatoms. The molecule has 1 aromatic rings. The van der Waals surface area contributed by atoms with Crippen LogP contribution in [-0.2, 0) is 0 Å². The predicted octanol–water partition coefficient (Wildman–Crippen LogP) is 1.64. The molecule has 0 saturated heterocycles. The van der Waals surface area contributed by atoms with E-state index in [0.717, 1.165) is 0 Å². The first kappa shape index (κ1) is 13.0. The average Bonchev–Trinajstić information content (AvgIpc) is 3.13. The van der Waals surface area contributed by atoms with E-state index in [9.17, 15) is 5.11 Å². The number of nitrogens with one attached hydrogen (secondary N) is 1. The van der Waals surface area contributed by atoms with E-state index in [1.54, 1.807) is 12.1 Å². The van der Waals surface area contributed by atoms with Crippen LogP contribution in [0.3, 0.4) is 0 Å². The van der Waals surface area contributed by atoms with E-state index in [0.29, 0.717) is 29.9 Å². The molecule has 1 heterocycles. The lowest BCUT2D eigenvalue weighted by Gasteiger charge is -2.24. The van der Waals surface area contributed by atoms with Crippen LogP contribution in [0.4, 0.5) is 11.5 Å². The summed E-state index contributed by atoms with van der Waals surface area (Å²) in [5, 5.41) is 12.4. The lowest BCUT2D eigenvalue weighted by Crippen LogP contribution is -2.35. The Labute approximate surface area is 107 Å². The molecule has 1 aromatic heterocycles. The number of aromatic nitrogens is 1. The minimum absolute atomic E-state index is 0.0251. The first-order valence-electron chi connectivity index (χ1n) is 6.28. The Morgan fingerprint density at radius 2 is 2.22 bits per heavy atom. The molecule has 0 amide bonds. The van der Waals surface area contributed by atoms with E-state index in [2.05, 4.69) is 10.3 Å². The molecule has 5 nitrogen and oxygen atoms in total. The summed E-state index contributed by atoms with van der Waals surface area (Å²) in [5.41, 5.74) is 5.95. The van der Waals surface area contributed by atoms with Gasteiger partial charge in [-0.1, -0.05) is 0 Å². The van der Waals surface area contributed by atoms with Crippen molar-refractivity contribution in [2.24, 2.45) is 5.92 Å². The summed E-state index contributed by atoms with van der Waals surface area (Å²) in [4.78, 5) is 4.34. The van der Waals surface area contributed by atoms with E-state index in [1.807, 2.05) is 13.8 Å². The van der Waals surface area contributed by atoms with Crippen molar-refractivity contribution in [2.75, 3.05) is 24.3 Å². The highest BCUT2D eigenvalue weighted by atomic mass is 16.5. The highest BCUT2D eigenvalue weighted by molar-refractivity contribution is 5.54. The molecule has 1 aliphatic rings. The third-order valence-corrected chi connectivity index (χ3v) is 2.90. The summed E-state index contributed by atoms with van der Waals surface area (Å²) >= 11 is 0. The molecule has 0 aromatic carbocycles. The number of nitrogen functional groups attached to an aromatic ring is 1. The molecule has 1 aliphatic carbocycles. The molecule has 0 bridgehead atoms. The molecule has 0 spiro atoms. The molecule has 0 unspecified atom stereocenters. The molecular formula is C13H21N3O2. The molecule has 1 fully saturated rings. The standard InChI is InChI=1S/C13H21N3O2/c1-13(2,8-17)16-11-6-5-10(14)12(15-11)18-7-9-3-4-9/h5-6,9,17H,3-4,7-8,14H2,1-2H3,(H,15,16). The second kappa shape index (κ2) is 5.02. The van der Waals surface area contributed by atoms with Crippen molar-refractivity contribution >= 4 is 11.5 Å². The highest BCUT2D eigenvalue weighted by Gasteiger charge is 2.23. The molecular weight excluding hydrogens is 230 g/mol. The van der Waals surface area contributed by atoms with Crippen LogP contribution < -0.4 is 15.8 Å². The van der Waals surface area contributed by atoms with Gasteiger partial charge in [0.1, 0.15) is 5.82 Å². The number of ether oxygens (including phenoxy) is 1. The van der Waals surface area contributed by atoms with Crippen molar-refractivity contribution in [3.05, 3.63) is 12.1 Å². The van der Waals surface area contributed by atoms with Gasteiger partial charge in [-0.25, -0.2) is 0 Å². The van der Waals surface area contributed by atoms with Crippen LogP contribution in [0.15, 0.2) is 12.1 Å². The Morgan fingerprint density at radius 3 is 2.83 bits per heavy atom. The predicted molar refractivity (Wildman–Crippen MR) is 71.7 cm³/mol. The fraction of sp³-hybridized carbons (Fsp3) is 0.615. The van der Waals surface area contributed by atoms with Crippen molar-refractivity contribution in [2.45, 2.75) is 32.2 Å². The summed E-state index contributed by atoms with van der Waals surface area (Å²) < 4.78 is 5.61. The topological polar surface area (TPSA) is 80.4 Å². The number of anilines is 2. The maximum absolute atomic E-state index is 9.22. The van der Waals surface area contributed by atoms with Gasteiger partial charge in [0.25, 0.3) is 0 Å². The smallest absolute Gasteiger partial charge is 0.239 e. The van der Waals surface area contributed by atoms with Gasteiger partial charge >= 0.3 is 0 Å². The van der Waals surface area contributed by atoms with Gasteiger partial charge in [-0.05, 0) is 44.7 Å². The SMILES string of the molecule is CC(C)(CO)Nc1ccc(N)c(OCC2CC2)n1. The normalized spacial score (nSPS) is 15.5. The van der Waals surface area contributed by atoms with Crippen LogP contribution in [0.1, 0.15) is 26.7 Å². The van der Waals surface area contributed by atoms with E-state index in [-0.39, 0.29) is 6.61 Å². The number of hydrogen-bond donors (Lipinski definition) is 3. The van der Waals surface area contributed by atoms with E-state index in [1.165, 1.54) is 12.8 Å². The van der Waals surface area contributed by atoms with Gasteiger partial charge in [0.05, 0.1) is 24.4 Å². The number of hydrogen-bond acceptors (Lipinski definition) is 5. The van der Waals surface area contributed by atoms with E-state index in [4.69, 9.17) is 10.5 Å².